The summed E-state index contributed by atoms with van der Waals surface area (Å²) in [6, 6.07) is 2.24. The van der Waals surface area contributed by atoms with Crippen LogP contribution in [0.4, 0.5) is 0 Å². The van der Waals surface area contributed by atoms with Crippen LogP contribution in [-0.2, 0) is 0 Å². The van der Waals surface area contributed by atoms with Crippen LogP contribution in [0.2, 0.25) is 0 Å². The molecule has 0 bridgehead atoms. The van der Waals surface area contributed by atoms with E-state index in [0.717, 1.165) is 30.6 Å². The number of rotatable bonds is 5. The number of unbranched alkanes of at least 4 members (excludes halogenated alkanes) is 1. The third kappa shape index (κ3) is 2.00. The molecule has 0 atom stereocenters. The Balaban J connectivity index is 1.70. The predicted octanol–water partition coefficient (Wildman–Crippen LogP) is 3.12. The van der Waals surface area contributed by atoms with E-state index in [4.69, 9.17) is 5.26 Å². The summed E-state index contributed by atoms with van der Waals surface area (Å²) in [5.41, 5.74) is 0. The van der Waals surface area contributed by atoms with Crippen molar-refractivity contribution in [2.24, 2.45) is 17.8 Å². The van der Waals surface area contributed by atoms with E-state index >= 15 is 0 Å². The van der Waals surface area contributed by atoms with Gasteiger partial charge < -0.3 is 0 Å². The number of nitrogens with zero attached hydrogens (tertiary/aromatic N) is 1. The van der Waals surface area contributed by atoms with Crippen LogP contribution in [0.1, 0.15) is 44.9 Å². The molecule has 0 unspecified atom stereocenters. The van der Waals surface area contributed by atoms with Gasteiger partial charge in [0.1, 0.15) is 0 Å². The predicted molar refractivity (Wildman–Crippen MR) is 48.4 cm³/mol. The van der Waals surface area contributed by atoms with Crippen LogP contribution < -0.4 is 0 Å². The van der Waals surface area contributed by atoms with E-state index < -0.39 is 0 Å². The maximum atomic E-state index is 8.44. The fraction of sp³-hybridized carbons (Fsp3) is 0.909. The minimum Gasteiger partial charge on any atom is -0.198 e. The van der Waals surface area contributed by atoms with Gasteiger partial charge in [0.2, 0.25) is 0 Å². The highest BCUT2D eigenvalue weighted by atomic mass is 14.5. The summed E-state index contributed by atoms with van der Waals surface area (Å²) in [5.74, 6) is 3.14. The molecule has 2 rings (SSSR count). The molecule has 0 spiro atoms. The summed E-state index contributed by atoms with van der Waals surface area (Å²) in [4.78, 5) is 0. The molecule has 12 heavy (non-hydrogen) atoms. The van der Waals surface area contributed by atoms with Crippen molar-refractivity contribution in [1.82, 2.24) is 0 Å². The first kappa shape index (κ1) is 8.10. The van der Waals surface area contributed by atoms with E-state index in [-0.39, 0.29) is 0 Å². The topological polar surface area (TPSA) is 23.8 Å². The van der Waals surface area contributed by atoms with Gasteiger partial charge in [0, 0.05) is 6.42 Å². The molecular weight excluding hydrogens is 146 g/mol. The first-order chi connectivity index (χ1) is 5.92. The SMILES string of the molecule is N#CCCCC(C1CC1)C1CC1. The first-order valence-corrected chi connectivity index (χ1v) is 5.29. The lowest BCUT2D eigenvalue weighted by atomic mass is 9.92. The van der Waals surface area contributed by atoms with E-state index in [2.05, 4.69) is 6.07 Å². The Morgan fingerprint density at radius 3 is 2.17 bits per heavy atom. The van der Waals surface area contributed by atoms with Gasteiger partial charge in [-0.05, 0) is 56.3 Å². The van der Waals surface area contributed by atoms with E-state index in [1.165, 1.54) is 32.1 Å². The average Bonchev–Trinajstić information content (AvgIpc) is 2.87. The quantitative estimate of drug-likeness (QED) is 0.571. The second-order valence-corrected chi connectivity index (χ2v) is 4.39. The molecule has 0 amide bonds. The summed E-state index contributed by atoms with van der Waals surface area (Å²) >= 11 is 0. The van der Waals surface area contributed by atoms with Gasteiger partial charge in [-0.25, -0.2) is 0 Å². The van der Waals surface area contributed by atoms with Crippen LogP contribution in [0.3, 0.4) is 0 Å². The Hall–Kier alpha value is -0.510. The monoisotopic (exact) mass is 163 g/mol. The van der Waals surface area contributed by atoms with E-state index in [0.29, 0.717) is 0 Å². The van der Waals surface area contributed by atoms with Gasteiger partial charge in [-0.15, -0.1) is 0 Å². The highest BCUT2D eigenvalue weighted by Gasteiger charge is 2.40. The van der Waals surface area contributed by atoms with Crippen LogP contribution >= 0.6 is 0 Å². The molecule has 66 valence electrons. The largest absolute Gasteiger partial charge is 0.198 e. The molecule has 2 fully saturated rings. The number of hydrogen-bond acceptors (Lipinski definition) is 1. The van der Waals surface area contributed by atoms with Crippen molar-refractivity contribution in [3.05, 3.63) is 0 Å². The Labute approximate surface area is 74.8 Å². The van der Waals surface area contributed by atoms with Gasteiger partial charge in [0.05, 0.1) is 6.07 Å². The Kier molecular flexibility index (Phi) is 2.35. The van der Waals surface area contributed by atoms with Gasteiger partial charge >= 0.3 is 0 Å². The summed E-state index contributed by atoms with van der Waals surface area (Å²) in [5, 5.41) is 8.44. The molecule has 0 aromatic carbocycles. The fourth-order valence-corrected chi connectivity index (χ4v) is 2.32. The van der Waals surface area contributed by atoms with Crippen molar-refractivity contribution in [1.29, 1.82) is 5.26 Å². The third-order valence-corrected chi connectivity index (χ3v) is 3.28. The molecule has 2 aliphatic carbocycles. The second kappa shape index (κ2) is 3.47. The summed E-state index contributed by atoms with van der Waals surface area (Å²) in [7, 11) is 0. The third-order valence-electron chi connectivity index (χ3n) is 3.28. The van der Waals surface area contributed by atoms with Gasteiger partial charge in [-0.1, -0.05) is 0 Å². The molecule has 2 aliphatic rings. The van der Waals surface area contributed by atoms with Crippen molar-refractivity contribution in [2.75, 3.05) is 0 Å². The highest BCUT2D eigenvalue weighted by Crippen LogP contribution is 2.51. The molecule has 0 aromatic rings. The van der Waals surface area contributed by atoms with Crippen molar-refractivity contribution < 1.29 is 0 Å². The van der Waals surface area contributed by atoms with Crippen LogP contribution in [-0.4, -0.2) is 0 Å². The fourth-order valence-electron chi connectivity index (χ4n) is 2.32. The zero-order chi connectivity index (χ0) is 8.39. The van der Waals surface area contributed by atoms with Crippen LogP contribution in [0, 0.1) is 29.1 Å². The van der Waals surface area contributed by atoms with Gasteiger partial charge in [0.25, 0.3) is 0 Å². The molecule has 2 saturated carbocycles. The van der Waals surface area contributed by atoms with Crippen molar-refractivity contribution in [3.8, 4) is 6.07 Å². The highest BCUT2D eigenvalue weighted by molar-refractivity contribution is 4.91. The number of hydrogen-bond donors (Lipinski definition) is 0. The summed E-state index contributed by atoms with van der Waals surface area (Å²) in [6.45, 7) is 0. The minimum atomic E-state index is 0.774. The Morgan fingerprint density at radius 1 is 1.17 bits per heavy atom. The van der Waals surface area contributed by atoms with Crippen molar-refractivity contribution in [3.63, 3.8) is 0 Å². The van der Waals surface area contributed by atoms with E-state index in [1.807, 2.05) is 0 Å². The zero-order valence-corrected chi connectivity index (χ0v) is 7.63. The average molecular weight is 163 g/mol. The van der Waals surface area contributed by atoms with Crippen LogP contribution in [0.25, 0.3) is 0 Å². The first-order valence-electron chi connectivity index (χ1n) is 5.29. The molecule has 1 nitrogen and oxygen atoms in total. The van der Waals surface area contributed by atoms with Gasteiger partial charge in [0.15, 0.2) is 0 Å². The molecular formula is C11H17N. The molecule has 1 heteroatoms. The summed E-state index contributed by atoms with van der Waals surface area (Å²) in [6.07, 6.45) is 9.18. The molecule has 0 aliphatic heterocycles. The summed E-state index contributed by atoms with van der Waals surface area (Å²) < 4.78 is 0. The molecule has 0 aromatic heterocycles. The molecule has 0 N–H and O–H groups in total. The van der Waals surface area contributed by atoms with Gasteiger partial charge in [-0.3, -0.25) is 0 Å². The second-order valence-electron chi connectivity index (χ2n) is 4.39. The van der Waals surface area contributed by atoms with Crippen molar-refractivity contribution in [2.45, 2.75) is 44.9 Å². The maximum absolute atomic E-state index is 8.44. The Morgan fingerprint density at radius 2 is 1.75 bits per heavy atom. The van der Waals surface area contributed by atoms with Gasteiger partial charge in [-0.2, -0.15) is 5.26 Å². The lowest BCUT2D eigenvalue weighted by Crippen LogP contribution is -2.05. The van der Waals surface area contributed by atoms with Crippen LogP contribution in [0.5, 0.6) is 0 Å². The lowest BCUT2D eigenvalue weighted by molar-refractivity contribution is 0.369. The standard InChI is InChI=1S/C11H17N/c12-8-2-1-3-11(9-4-5-9)10-6-7-10/h9-11H,1-7H2. The molecule has 0 heterocycles. The Bertz CT molecular complexity index is 172. The van der Waals surface area contributed by atoms with E-state index in [9.17, 15) is 0 Å². The minimum absolute atomic E-state index is 0.774. The van der Waals surface area contributed by atoms with Crippen LogP contribution in [0.15, 0.2) is 0 Å². The lowest BCUT2D eigenvalue weighted by Gasteiger charge is -2.13. The molecule has 0 saturated heterocycles. The zero-order valence-electron chi connectivity index (χ0n) is 7.63. The maximum Gasteiger partial charge on any atom is 0.0621 e. The molecule has 0 radical (unpaired) electrons. The van der Waals surface area contributed by atoms with Crippen molar-refractivity contribution >= 4 is 0 Å². The normalized spacial score (nSPS) is 22.7. The number of nitriles is 1. The van der Waals surface area contributed by atoms with E-state index in [1.54, 1.807) is 0 Å². The smallest absolute Gasteiger partial charge is 0.0621 e.